The lowest BCUT2D eigenvalue weighted by molar-refractivity contribution is 0.837. The number of hydrogen-bond acceptors (Lipinski definition) is 4. The van der Waals surface area contributed by atoms with Gasteiger partial charge in [0.15, 0.2) is 0 Å². The van der Waals surface area contributed by atoms with Gasteiger partial charge in [0.2, 0.25) is 0 Å². The maximum Gasteiger partial charge on any atom is 0.147 e. The van der Waals surface area contributed by atoms with Gasteiger partial charge in [-0.1, -0.05) is 24.4 Å². The molecule has 0 aliphatic heterocycles. The summed E-state index contributed by atoms with van der Waals surface area (Å²) in [5.41, 5.74) is 7.52. The van der Waals surface area contributed by atoms with Gasteiger partial charge in [-0.05, 0) is 18.2 Å². The third kappa shape index (κ3) is 3.01. The van der Waals surface area contributed by atoms with Crippen LogP contribution >= 0.6 is 12.2 Å². The van der Waals surface area contributed by atoms with Crippen LogP contribution < -0.4 is 10.6 Å². The Hall–Kier alpha value is -2.01. The summed E-state index contributed by atoms with van der Waals surface area (Å²) >= 11 is 4.97. The molecule has 2 aromatic rings. The molecule has 0 saturated heterocycles. The topological polar surface area (TPSA) is 55.0 Å². The summed E-state index contributed by atoms with van der Waals surface area (Å²) in [4.78, 5) is 10.9. The number of rotatable bonds is 4. The second kappa shape index (κ2) is 5.55. The average molecular weight is 258 g/mol. The third-order valence-electron chi connectivity index (χ3n) is 2.57. The molecule has 18 heavy (non-hydrogen) atoms. The summed E-state index contributed by atoms with van der Waals surface area (Å²) in [5, 5.41) is 0. The highest BCUT2D eigenvalue weighted by Gasteiger charge is 2.05. The van der Waals surface area contributed by atoms with Gasteiger partial charge in [0.1, 0.15) is 10.8 Å². The van der Waals surface area contributed by atoms with E-state index in [1.165, 1.54) is 0 Å². The molecule has 1 aromatic heterocycles. The van der Waals surface area contributed by atoms with Crippen molar-refractivity contribution in [3.8, 4) is 0 Å². The summed E-state index contributed by atoms with van der Waals surface area (Å²) in [7, 11) is 1.98. The van der Waals surface area contributed by atoms with Gasteiger partial charge < -0.3 is 10.6 Å². The van der Waals surface area contributed by atoms with Crippen LogP contribution in [-0.2, 0) is 6.54 Å². The molecule has 0 amide bonds. The fourth-order valence-electron chi connectivity index (χ4n) is 1.61. The van der Waals surface area contributed by atoms with Gasteiger partial charge in [-0.2, -0.15) is 0 Å². The van der Waals surface area contributed by atoms with E-state index in [2.05, 4.69) is 14.9 Å². The molecule has 2 N–H and O–H groups in total. The number of thiocarbonyl (C=S) groups is 1. The van der Waals surface area contributed by atoms with Crippen molar-refractivity contribution < 1.29 is 0 Å². The Morgan fingerprint density at radius 1 is 1.28 bits per heavy atom. The van der Waals surface area contributed by atoms with E-state index in [9.17, 15) is 0 Å². The first kappa shape index (κ1) is 12.4. The number of aromatic nitrogens is 2. The Balaban J connectivity index is 2.16. The Kier molecular flexibility index (Phi) is 3.84. The van der Waals surface area contributed by atoms with E-state index in [1.807, 2.05) is 31.3 Å². The first-order valence-corrected chi connectivity index (χ1v) is 5.94. The number of hydrogen-bond donors (Lipinski definition) is 1. The van der Waals surface area contributed by atoms with Crippen molar-refractivity contribution >= 4 is 22.9 Å². The molecule has 1 aromatic carbocycles. The molecule has 2 rings (SSSR count). The zero-order chi connectivity index (χ0) is 13.0. The third-order valence-corrected chi connectivity index (χ3v) is 2.80. The Labute approximate surface area is 111 Å². The highest BCUT2D eigenvalue weighted by molar-refractivity contribution is 7.80. The Morgan fingerprint density at radius 3 is 2.67 bits per heavy atom. The van der Waals surface area contributed by atoms with E-state index in [0.29, 0.717) is 11.5 Å². The average Bonchev–Trinajstić information content (AvgIpc) is 2.40. The Bertz CT molecular complexity index is 542. The predicted molar refractivity (Wildman–Crippen MR) is 76.5 cm³/mol. The van der Waals surface area contributed by atoms with Crippen LogP contribution in [0.25, 0.3) is 0 Å². The summed E-state index contributed by atoms with van der Waals surface area (Å²) < 4.78 is 0. The molecule has 1 heterocycles. The zero-order valence-electron chi connectivity index (χ0n) is 10.1. The molecular weight excluding hydrogens is 244 g/mol. The molecule has 92 valence electrons. The Morgan fingerprint density at radius 2 is 2.00 bits per heavy atom. The quantitative estimate of drug-likeness (QED) is 0.847. The molecule has 0 atom stereocenters. The number of nitrogens with two attached hydrogens (primary N) is 1. The lowest BCUT2D eigenvalue weighted by Gasteiger charge is -2.18. The van der Waals surface area contributed by atoms with Crippen molar-refractivity contribution in [3.05, 3.63) is 54.1 Å². The molecule has 0 aliphatic rings. The van der Waals surface area contributed by atoms with Crippen LogP contribution in [0.4, 0.5) is 5.69 Å². The van der Waals surface area contributed by atoms with E-state index in [-0.39, 0.29) is 0 Å². The molecular formula is C13H14N4S. The minimum absolute atomic E-state index is 0.404. The van der Waals surface area contributed by atoms with Crippen molar-refractivity contribution in [3.63, 3.8) is 0 Å². The second-order valence-electron chi connectivity index (χ2n) is 3.94. The summed E-state index contributed by atoms with van der Waals surface area (Å²) in [6, 6.07) is 9.61. The zero-order valence-corrected chi connectivity index (χ0v) is 10.9. The minimum atomic E-state index is 0.404. The summed E-state index contributed by atoms with van der Waals surface area (Å²) in [6.07, 6.45) is 3.48. The fraction of sp³-hybridized carbons (Fsp3) is 0.154. The highest BCUT2D eigenvalue weighted by atomic mass is 32.1. The maximum atomic E-state index is 5.62. The predicted octanol–water partition coefficient (Wildman–Crippen LogP) is 1.75. The van der Waals surface area contributed by atoms with Crippen molar-refractivity contribution in [1.29, 1.82) is 0 Å². The molecule has 4 nitrogen and oxygen atoms in total. The standard InChI is InChI=1S/C13H14N4S/c1-17(9-12-15-6-3-7-16-12)11-5-2-4-10(8-11)13(14)18/h2-8H,9H2,1H3,(H2,14,18). The SMILES string of the molecule is CN(Cc1ncccn1)c1cccc(C(N)=S)c1. The summed E-state index contributed by atoms with van der Waals surface area (Å²) in [6.45, 7) is 0.641. The normalized spacial score (nSPS) is 10.1. The second-order valence-corrected chi connectivity index (χ2v) is 4.38. The van der Waals surface area contributed by atoms with E-state index in [0.717, 1.165) is 17.1 Å². The van der Waals surface area contributed by atoms with Crippen LogP contribution in [0.15, 0.2) is 42.7 Å². The van der Waals surface area contributed by atoms with Crippen LogP contribution in [0, 0.1) is 0 Å². The smallest absolute Gasteiger partial charge is 0.147 e. The monoisotopic (exact) mass is 258 g/mol. The molecule has 0 aliphatic carbocycles. The lowest BCUT2D eigenvalue weighted by Crippen LogP contribution is -2.19. The number of benzene rings is 1. The fourth-order valence-corrected chi connectivity index (χ4v) is 1.74. The van der Waals surface area contributed by atoms with Crippen molar-refractivity contribution in [1.82, 2.24) is 9.97 Å². The molecule has 0 saturated carbocycles. The van der Waals surface area contributed by atoms with Gasteiger partial charge in [-0.15, -0.1) is 0 Å². The summed E-state index contributed by atoms with van der Waals surface area (Å²) in [5.74, 6) is 0.778. The van der Waals surface area contributed by atoms with Gasteiger partial charge >= 0.3 is 0 Å². The number of nitrogens with zero attached hydrogens (tertiary/aromatic N) is 3. The number of anilines is 1. The molecule has 5 heteroatoms. The minimum Gasteiger partial charge on any atom is -0.389 e. The van der Waals surface area contributed by atoms with E-state index < -0.39 is 0 Å². The molecule has 0 radical (unpaired) electrons. The van der Waals surface area contributed by atoms with Crippen molar-refractivity contribution in [2.45, 2.75) is 6.54 Å². The van der Waals surface area contributed by atoms with Crippen LogP contribution in [-0.4, -0.2) is 22.0 Å². The van der Waals surface area contributed by atoms with E-state index >= 15 is 0 Å². The van der Waals surface area contributed by atoms with Gasteiger partial charge in [0, 0.05) is 30.7 Å². The van der Waals surface area contributed by atoms with Gasteiger partial charge in [0.05, 0.1) is 6.54 Å². The van der Waals surface area contributed by atoms with E-state index in [4.69, 9.17) is 18.0 Å². The lowest BCUT2D eigenvalue weighted by atomic mass is 10.2. The van der Waals surface area contributed by atoms with Crippen molar-refractivity contribution in [2.24, 2.45) is 5.73 Å². The van der Waals surface area contributed by atoms with Crippen molar-refractivity contribution in [2.75, 3.05) is 11.9 Å². The molecule has 0 spiro atoms. The molecule has 0 bridgehead atoms. The first-order valence-electron chi connectivity index (χ1n) is 5.54. The first-order chi connectivity index (χ1) is 8.66. The van der Waals surface area contributed by atoms with Gasteiger partial charge in [-0.3, -0.25) is 0 Å². The maximum absolute atomic E-state index is 5.62. The molecule has 0 fully saturated rings. The van der Waals surface area contributed by atoms with Crippen LogP contribution in [0.5, 0.6) is 0 Å². The van der Waals surface area contributed by atoms with Gasteiger partial charge in [0.25, 0.3) is 0 Å². The van der Waals surface area contributed by atoms with Crippen LogP contribution in [0.3, 0.4) is 0 Å². The van der Waals surface area contributed by atoms with Gasteiger partial charge in [-0.25, -0.2) is 9.97 Å². The van der Waals surface area contributed by atoms with E-state index in [1.54, 1.807) is 18.5 Å². The largest absolute Gasteiger partial charge is 0.389 e. The molecule has 0 unspecified atom stereocenters. The van der Waals surface area contributed by atoms with Crippen LogP contribution in [0.1, 0.15) is 11.4 Å². The highest BCUT2D eigenvalue weighted by Crippen LogP contribution is 2.16. The van der Waals surface area contributed by atoms with Crippen LogP contribution in [0.2, 0.25) is 0 Å².